The van der Waals surface area contributed by atoms with Crippen LogP contribution in [0, 0.1) is 5.92 Å². The van der Waals surface area contributed by atoms with Gasteiger partial charge in [-0.15, -0.1) is 0 Å². The maximum absolute atomic E-state index is 8.52. The van der Waals surface area contributed by atoms with Crippen LogP contribution in [0.4, 0.5) is 0 Å². The molecule has 0 radical (unpaired) electrons. The minimum Gasteiger partial charge on any atom is -0.366 e. The average molecular weight is 133 g/mol. The van der Waals surface area contributed by atoms with E-state index in [0.717, 1.165) is 0 Å². The number of hydrogen-bond donors (Lipinski definition) is 4. The number of hydrogen-bond acceptors (Lipinski definition) is 4. The van der Waals surface area contributed by atoms with Crippen molar-refractivity contribution >= 4 is 0 Å². The molecule has 0 aliphatic carbocycles. The van der Waals surface area contributed by atoms with Crippen LogP contribution in [0.2, 0.25) is 0 Å². The monoisotopic (exact) mass is 133 g/mol. The van der Waals surface area contributed by atoms with Crippen LogP contribution in [0.15, 0.2) is 0 Å². The number of nitrogens with two attached hydrogens (primary N) is 2. The Kier molecular flexibility index (Phi) is 4.61. The molecule has 0 aromatic carbocycles. The van der Waals surface area contributed by atoms with Crippen molar-refractivity contribution in [1.82, 2.24) is 5.32 Å². The van der Waals surface area contributed by atoms with Crippen molar-refractivity contribution in [3.05, 3.63) is 0 Å². The van der Waals surface area contributed by atoms with Crippen LogP contribution in [0.25, 0.3) is 0 Å². The van der Waals surface area contributed by atoms with Crippen LogP contribution in [0.5, 0.6) is 0 Å². The molecule has 0 rings (SSSR count). The summed E-state index contributed by atoms with van der Waals surface area (Å²) in [6.45, 7) is 3.25. The summed E-state index contributed by atoms with van der Waals surface area (Å²) in [6, 6.07) is 0. The Balaban J connectivity index is 3.06. The van der Waals surface area contributed by atoms with Crippen LogP contribution in [-0.4, -0.2) is 24.5 Å². The zero-order chi connectivity index (χ0) is 7.28. The molecule has 4 nitrogen and oxygen atoms in total. The van der Waals surface area contributed by atoms with Gasteiger partial charge in [0, 0.05) is 6.54 Å². The molecule has 0 fully saturated rings. The van der Waals surface area contributed by atoms with E-state index in [1.54, 1.807) is 0 Å². The second-order valence-electron chi connectivity index (χ2n) is 2.19. The van der Waals surface area contributed by atoms with Crippen LogP contribution in [0.3, 0.4) is 0 Å². The lowest BCUT2D eigenvalue weighted by Gasteiger charge is -2.11. The van der Waals surface area contributed by atoms with E-state index in [1.165, 1.54) is 0 Å². The van der Waals surface area contributed by atoms with Gasteiger partial charge in [0.1, 0.15) is 0 Å². The maximum atomic E-state index is 8.52. The third-order valence-electron chi connectivity index (χ3n) is 1.08. The molecule has 4 heteroatoms. The Hall–Kier alpha value is -0.160. The SMILES string of the molecule is CC(CN)CNC(N)O. The van der Waals surface area contributed by atoms with Gasteiger partial charge in [0.15, 0.2) is 6.35 Å². The van der Waals surface area contributed by atoms with E-state index >= 15 is 0 Å². The van der Waals surface area contributed by atoms with Gasteiger partial charge < -0.3 is 10.8 Å². The first kappa shape index (κ1) is 8.84. The van der Waals surface area contributed by atoms with Crippen LogP contribution in [0.1, 0.15) is 6.92 Å². The molecule has 2 atom stereocenters. The normalized spacial score (nSPS) is 17.3. The van der Waals surface area contributed by atoms with Crippen molar-refractivity contribution in [3.8, 4) is 0 Å². The first-order valence-electron chi connectivity index (χ1n) is 3.04. The van der Waals surface area contributed by atoms with Gasteiger partial charge in [-0.05, 0) is 12.5 Å². The van der Waals surface area contributed by atoms with E-state index in [0.29, 0.717) is 19.0 Å². The largest absolute Gasteiger partial charge is 0.366 e. The molecule has 0 aliphatic heterocycles. The highest BCUT2D eigenvalue weighted by Gasteiger charge is 1.99. The Morgan fingerprint density at radius 2 is 2.22 bits per heavy atom. The summed E-state index contributed by atoms with van der Waals surface area (Å²) in [5.74, 6) is 0.364. The molecule has 0 saturated heterocycles. The van der Waals surface area contributed by atoms with E-state index in [2.05, 4.69) is 5.32 Å². The highest BCUT2D eigenvalue weighted by atomic mass is 16.3. The fourth-order valence-corrected chi connectivity index (χ4v) is 0.405. The predicted molar refractivity (Wildman–Crippen MR) is 36.4 cm³/mol. The number of aliphatic hydroxyl groups excluding tert-OH is 1. The topological polar surface area (TPSA) is 84.3 Å². The fourth-order valence-electron chi connectivity index (χ4n) is 0.405. The first-order chi connectivity index (χ1) is 4.16. The van der Waals surface area contributed by atoms with Crippen LogP contribution < -0.4 is 16.8 Å². The Labute approximate surface area is 55.2 Å². The fraction of sp³-hybridized carbons (Fsp3) is 1.00. The van der Waals surface area contributed by atoms with E-state index in [4.69, 9.17) is 16.6 Å². The molecule has 0 amide bonds. The van der Waals surface area contributed by atoms with Gasteiger partial charge in [-0.3, -0.25) is 11.1 Å². The maximum Gasteiger partial charge on any atom is 0.157 e. The summed E-state index contributed by atoms with van der Waals surface area (Å²) in [5, 5.41) is 11.2. The van der Waals surface area contributed by atoms with Crippen molar-refractivity contribution in [2.24, 2.45) is 17.4 Å². The Morgan fingerprint density at radius 3 is 2.56 bits per heavy atom. The second kappa shape index (κ2) is 4.69. The summed E-state index contributed by atoms with van der Waals surface area (Å²) < 4.78 is 0. The van der Waals surface area contributed by atoms with Gasteiger partial charge in [0.2, 0.25) is 0 Å². The van der Waals surface area contributed by atoms with Crippen LogP contribution >= 0.6 is 0 Å². The Bertz CT molecular complexity index is 67.2. The van der Waals surface area contributed by atoms with Gasteiger partial charge in [-0.2, -0.15) is 0 Å². The number of aliphatic hydroxyl groups is 1. The zero-order valence-electron chi connectivity index (χ0n) is 5.67. The second-order valence-corrected chi connectivity index (χ2v) is 2.19. The minimum absolute atomic E-state index is 0.364. The minimum atomic E-state index is -0.918. The summed E-state index contributed by atoms with van der Waals surface area (Å²) in [6.07, 6.45) is -0.918. The molecule has 0 aromatic heterocycles. The molecule has 9 heavy (non-hydrogen) atoms. The van der Waals surface area contributed by atoms with Crippen molar-refractivity contribution in [1.29, 1.82) is 0 Å². The number of nitrogens with one attached hydrogen (secondary N) is 1. The molecule has 6 N–H and O–H groups in total. The highest BCUT2D eigenvalue weighted by molar-refractivity contribution is 4.55. The molecule has 0 aliphatic rings. The molecule has 0 aromatic rings. The number of rotatable bonds is 4. The van der Waals surface area contributed by atoms with Gasteiger partial charge in [-0.25, -0.2) is 0 Å². The zero-order valence-corrected chi connectivity index (χ0v) is 5.67. The standard InChI is InChI=1S/C5H15N3O/c1-4(2-6)3-8-5(7)9/h4-5,8-9H,2-3,6-7H2,1H3. The molecule has 0 bridgehead atoms. The summed E-state index contributed by atoms with van der Waals surface area (Å²) in [5.41, 5.74) is 10.3. The molecule has 0 spiro atoms. The molecule has 56 valence electrons. The third-order valence-corrected chi connectivity index (χ3v) is 1.08. The van der Waals surface area contributed by atoms with E-state index < -0.39 is 6.35 Å². The lowest BCUT2D eigenvalue weighted by Crippen LogP contribution is -2.40. The average Bonchev–Trinajstić information content (AvgIpc) is 1.83. The van der Waals surface area contributed by atoms with E-state index in [1.807, 2.05) is 6.92 Å². The van der Waals surface area contributed by atoms with Gasteiger partial charge in [0.25, 0.3) is 0 Å². The summed E-state index contributed by atoms with van der Waals surface area (Å²) in [4.78, 5) is 0. The molecule has 0 saturated carbocycles. The molecule has 0 heterocycles. The van der Waals surface area contributed by atoms with Crippen molar-refractivity contribution in [3.63, 3.8) is 0 Å². The predicted octanol–water partition coefficient (Wildman–Crippen LogP) is -1.59. The van der Waals surface area contributed by atoms with Crippen molar-refractivity contribution in [2.45, 2.75) is 13.3 Å². The quantitative estimate of drug-likeness (QED) is 0.348. The third kappa shape index (κ3) is 5.72. The highest BCUT2D eigenvalue weighted by Crippen LogP contribution is 1.85. The van der Waals surface area contributed by atoms with Gasteiger partial charge in [-0.1, -0.05) is 6.92 Å². The van der Waals surface area contributed by atoms with E-state index in [-0.39, 0.29) is 0 Å². The Morgan fingerprint density at radius 1 is 1.67 bits per heavy atom. The van der Waals surface area contributed by atoms with Crippen molar-refractivity contribution in [2.75, 3.05) is 13.1 Å². The van der Waals surface area contributed by atoms with Gasteiger partial charge in [0.05, 0.1) is 0 Å². The molecular weight excluding hydrogens is 118 g/mol. The first-order valence-corrected chi connectivity index (χ1v) is 3.04. The lowest BCUT2D eigenvalue weighted by atomic mass is 10.2. The van der Waals surface area contributed by atoms with Gasteiger partial charge >= 0.3 is 0 Å². The molecular formula is C5H15N3O. The van der Waals surface area contributed by atoms with Crippen LogP contribution in [-0.2, 0) is 0 Å². The lowest BCUT2D eigenvalue weighted by molar-refractivity contribution is 0.139. The molecule has 2 unspecified atom stereocenters. The smallest absolute Gasteiger partial charge is 0.157 e. The van der Waals surface area contributed by atoms with Crippen molar-refractivity contribution < 1.29 is 5.11 Å². The summed E-state index contributed by atoms with van der Waals surface area (Å²) >= 11 is 0. The summed E-state index contributed by atoms with van der Waals surface area (Å²) in [7, 11) is 0. The van der Waals surface area contributed by atoms with E-state index in [9.17, 15) is 0 Å².